The molecule has 1 saturated heterocycles. The van der Waals surface area contributed by atoms with Gasteiger partial charge in [0, 0.05) is 24.5 Å². The van der Waals surface area contributed by atoms with Crippen LogP contribution in [0.4, 0.5) is 0 Å². The number of nitrogens with zero attached hydrogens (tertiary/aromatic N) is 6. The zero-order valence-corrected chi connectivity index (χ0v) is 18.8. The lowest BCUT2D eigenvalue weighted by Crippen LogP contribution is -2.42. The van der Waals surface area contributed by atoms with Crippen LogP contribution < -0.4 is 11.0 Å². The van der Waals surface area contributed by atoms with Gasteiger partial charge < -0.3 is 10.2 Å². The van der Waals surface area contributed by atoms with E-state index in [1.807, 2.05) is 30.3 Å². The number of carbonyl (C=O) groups is 2. The largest absolute Gasteiger partial charge is 0.348 e. The maximum Gasteiger partial charge on any atom is 0.348 e. The van der Waals surface area contributed by atoms with Gasteiger partial charge in [-0.2, -0.15) is 4.98 Å². The van der Waals surface area contributed by atoms with Crippen LogP contribution in [0.1, 0.15) is 40.3 Å². The number of likely N-dealkylation sites (tertiary alicyclic amines) is 1. The van der Waals surface area contributed by atoms with Crippen molar-refractivity contribution in [3.8, 4) is 0 Å². The SMILES string of the molecule is Cc1cc(C)n(CC(=O)N2CCC[C@H]2Cn2cc(C(=O)NCc3ccccc3)nn2)c(=O)n1. The van der Waals surface area contributed by atoms with Crippen molar-refractivity contribution >= 4 is 11.8 Å². The number of aryl methyl sites for hydroxylation is 2. The molecule has 1 aliphatic rings. The fourth-order valence-electron chi connectivity index (χ4n) is 4.12. The fraction of sp³-hybridized carbons (Fsp3) is 0.391. The topological polar surface area (TPSA) is 115 Å². The Kier molecular flexibility index (Phi) is 6.62. The molecule has 10 nitrogen and oxygen atoms in total. The highest BCUT2D eigenvalue weighted by Crippen LogP contribution is 2.19. The Morgan fingerprint density at radius 2 is 1.97 bits per heavy atom. The predicted molar refractivity (Wildman–Crippen MR) is 120 cm³/mol. The summed E-state index contributed by atoms with van der Waals surface area (Å²) in [5.74, 6) is -0.430. The molecule has 33 heavy (non-hydrogen) atoms. The van der Waals surface area contributed by atoms with Gasteiger partial charge >= 0.3 is 5.69 Å². The van der Waals surface area contributed by atoms with Crippen LogP contribution in [-0.2, 0) is 24.4 Å². The van der Waals surface area contributed by atoms with Gasteiger partial charge in [0.1, 0.15) is 6.54 Å². The number of benzene rings is 1. The molecule has 3 heterocycles. The first-order chi connectivity index (χ1) is 15.9. The molecule has 1 aliphatic heterocycles. The third kappa shape index (κ3) is 5.33. The van der Waals surface area contributed by atoms with Crippen molar-refractivity contribution in [2.45, 2.75) is 52.4 Å². The van der Waals surface area contributed by atoms with Crippen molar-refractivity contribution < 1.29 is 9.59 Å². The highest BCUT2D eigenvalue weighted by Gasteiger charge is 2.30. The van der Waals surface area contributed by atoms with Crippen LogP contribution >= 0.6 is 0 Å². The van der Waals surface area contributed by atoms with Gasteiger partial charge in [-0.3, -0.25) is 14.2 Å². The molecule has 4 rings (SSSR count). The normalized spacial score (nSPS) is 15.6. The summed E-state index contributed by atoms with van der Waals surface area (Å²) in [7, 11) is 0. The first-order valence-electron chi connectivity index (χ1n) is 11.0. The van der Waals surface area contributed by atoms with E-state index in [1.165, 1.54) is 4.57 Å². The summed E-state index contributed by atoms with van der Waals surface area (Å²) in [5, 5.41) is 10.9. The van der Waals surface area contributed by atoms with Gasteiger partial charge in [-0.15, -0.1) is 5.10 Å². The van der Waals surface area contributed by atoms with Crippen molar-refractivity contribution in [1.29, 1.82) is 0 Å². The van der Waals surface area contributed by atoms with E-state index >= 15 is 0 Å². The summed E-state index contributed by atoms with van der Waals surface area (Å²) < 4.78 is 2.99. The molecule has 0 saturated carbocycles. The smallest absolute Gasteiger partial charge is 0.347 e. The Balaban J connectivity index is 1.37. The maximum atomic E-state index is 13.0. The van der Waals surface area contributed by atoms with Crippen LogP contribution in [0.3, 0.4) is 0 Å². The average molecular weight is 450 g/mol. The molecule has 1 N–H and O–H groups in total. The van der Waals surface area contributed by atoms with Crippen LogP contribution in [0.25, 0.3) is 0 Å². The van der Waals surface area contributed by atoms with E-state index in [4.69, 9.17) is 0 Å². The van der Waals surface area contributed by atoms with E-state index in [-0.39, 0.29) is 30.1 Å². The first kappa shape index (κ1) is 22.4. The van der Waals surface area contributed by atoms with E-state index in [2.05, 4.69) is 20.6 Å². The molecule has 0 spiro atoms. The van der Waals surface area contributed by atoms with E-state index in [9.17, 15) is 14.4 Å². The Morgan fingerprint density at radius 1 is 1.18 bits per heavy atom. The summed E-state index contributed by atoms with van der Waals surface area (Å²) in [6.45, 7) is 4.97. The zero-order valence-electron chi connectivity index (χ0n) is 18.8. The molecule has 2 aromatic heterocycles. The summed E-state index contributed by atoms with van der Waals surface area (Å²) in [4.78, 5) is 43.3. The van der Waals surface area contributed by atoms with Crippen LogP contribution in [0.2, 0.25) is 0 Å². The number of rotatable bonds is 7. The zero-order chi connectivity index (χ0) is 23.4. The van der Waals surface area contributed by atoms with Gasteiger partial charge in [0.15, 0.2) is 5.69 Å². The number of carbonyl (C=O) groups excluding carboxylic acids is 2. The molecular formula is C23H27N7O3. The van der Waals surface area contributed by atoms with Crippen molar-refractivity contribution in [3.05, 3.63) is 75.7 Å². The molecule has 0 radical (unpaired) electrons. The number of amides is 2. The Bertz CT molecular complexity index is 1200. The number of hydrogen-bond donors (Lipinski definition) is 1. The molecule has 1 atom stereocenters. The summed E-state index contributed by atoms with van der Waals surface area (Å²) in [5.41, 5.74) is 2.15. The van der Waals surface area contributed by atoms with E-state index < -0.39 is 5.69 Å². The van der Waals surface area contributed by atoms with E-state index in [0.717, 1.165) is 18.4 Å². The molecule has 2 amide bonds. The van der Waals surface area contributed by atoms with Crippen LogP contribution in [-0.4, -0.2) is 53.8 Å². The van der Waals surface area contributed by atoms with E-state index in [1.54, 1.807) is 35.7 Å². The van der Waals surface area contributed by atoms with Crippen molar-refractivity contribution in [2.24, 2.45) is 0 Å². The summed E-state index contributed by atoms with van der Waals surface area (Å²) in [6, 6.07) is 11.3. The number of nitrogens with one attached hydrogen (secondary N) is 1. The summed E-state index contributed by atoms with van der Waals surface area (Å²) >= 11 is 0. The van der Waals surface area contributed by atoms with Crippen LogP contribution in [0, 0.1) is 13.8 Å². The molecule has 172 valence electrons. The minimum atomic E-state index is -0.418. The lowest BCUT2D eigenvalue weighted by Gasteiger charge is -2.25. The van der Waals surface area contributed by atoms with Gasteiger partial charge in [-0.05, 0) is 38.3 Å². The molecular weight excluding hydrogens is 422 g/mol. The Labute approximate surface area is 191 Å². The highest BCUT2D eigenvalue weighted by molar-refractivity contribution is 5.91. The summed E-state index contributed by atoms with van der Waals surface area (Å²) in [6.07, 6.45) is 3.29. The lowest BCUT2D eigenvalue weighted by atomic mass is 10.2. The van der Waals surface area contributed by atoms with Crippen LogP contribution in [0.15, 0.2) is 47.4 Å². The second-order valence-corrected chi connectivity index (χ2v) is 8.28. The van der Waals surface area contributed by atoms with Gasteiger partial charge in [0.2, 0.25) is 5.91 Å². The Hall–Kier alpha value is -3.82. The molecule has 3 aromatic rings. The molecule has 10 heteroatoms. The van der Waals surface area contributed by atoms with Crippen molar-refractivity contribution in [3.63, 3.8) is 0 Å². The van der Waals surface area contributed by atoms with Gasteiger partial charge in [-0.25, -0.2) is 9.48 Å². The van der Waals surface area contributed by atoms with Crippen molar-refractivity contribution in [2.75, 3.05) is 6.54 Å². The molecule has 0 bridgehead atoms. The van der Waals surface area contributed by atoms with E-state index in [0.29, 0.717) is 31.0 Å². The van der Waals surface area contributed by atoms with Gasteiger partial charge in [0.25, 0.3) is 5.91 Å². The van der Waals surface area contributed by atoms with Crippen molar-refractivity contribution in [1.82, 2.24) is 34.8 Å². The number of hydrogen-bond acceptors (Lipinski definition) is 6. The van der Waals surface area contributed by atoms with Crippen LogP contribution in [0.5, 0.6) is 0 Å². The monoisotopic (exact) mass is 449 g/mol. The van der Waals surface area contributed by atoms with Gasteiger partial charge in [-0.1, -0.05) is 35.5 Å². The van der Waals surface area contributed by atoms with Gasteiger partial charge in [0.05, 0.1) is 18.8 Å². The lowest BCUT2D eigenvalue weighted by molar-refractivity contribution is -0.133. The molecule has 0 aliphatic carbocycles. The maximum absolute atomic E-state index is 13.0. The minimum Gasteiger partial charge on any atom is -0.347 e. The number of aromatic nitrogens is 5. The average Bonchev–Trinajstić information content (AvgIpc) is 3.45. The predicted octanol–water partition coefficient (Wildman–Crippen LogP) is 1.07. The quantitative estimate of drug-likeness (QED) is 0.577. The third-order valence-electron chi connectivity index (χ3n) is 5.80. The standard InChI is InChI=1S/C23H27N7O3/c1-16-11-17(2)30(23(33)25-16)15-21(31)29-10-6-9-19(29)13-28-14-20(26-27-28)22(32)24-12-18-7-4-3-5-8-18/h3-5,7-8,11,14,19H,6,9-10,12-13,15H2,1-2H3,(H,24,32)/t19-/m0/s1. The highest BCUT2D eigenvalue weighted by atomic mass is 16.2. The molecule has 0 unspecified atom stereocenters. The fourth-order valence-corrected chi connectivity index (χ4v) is 4.12. The minimum absolute atomic E-state index is 0.0427. The Morgan fingerprint density at radius 3 is 2.73 bits per heavy atom. The molecule has 1 fully saturated rings. The molecule has 1 aromatic carbocycles. The third-order valence-corrected chi connectivity index (χ3v) is 5.80. The first-order valence-corrected chi connectivity index (χ1v) is 11.0. The second-order valence-electron chi connectivity index (χ2n) is 8.28. The second kappa shape index (κ2) is 9.76.